The van der Waals surface area contributed by atoms with Crippen molar-refractivity contribution >= 4 is 8.07 Å². The lowest BCUT2D eigenvalue weighted by Crippen LogP contribution is -2.51. The van der Waals surface area contributed by atoms with E-state index in [2.05, 4.69) is 29.4 Å². The van der Waals surface area contributed by atoms with Crippen LogP contribution in [0.3, 0.4) is 0 Å². The molecule has 0 saturated carbocycles. The predicted molar refractivity (Wildman–Crippen MR) is 63.3 cm³/mol. The molecule has 0 aromatic rings. The fourth-order valence-corrected chi connectivity index (χ4v) is 3.64. The van der Waals surface area contributed by atoms with Crippen LogP contribution < -0.4 is 0 Å². The highest BCUT2D eigenvalue weighted by Gasteiger charge is 2.22. The molecule has 84 valence electrons. The number of aliphatic hydroxyl groups is 1. The molecule has 14 heavy (non-hydrogen) atoms. The van der Waals surface area contributed by atoms with Crippen molar-refractivity contribution in [1.82, 2.24) is 9.80 Å². The predicted octanol–water partition coefficient (Wildman–Crippen LogP) is 0.474. The van der Waals surface area contributed by atoms with Gasteiger partial charge in [0.15, 0.2) is 0 Å². The van der Waals surface area contributed by atoms with Crippen LogP contribution >= 0.6 is 0 Å². The van der Waals surface area contributed by atoms with E-state index in [0.717, 1.165) is 19.6 Å². The lowest BCUT2D eigenvalue weighted by molar-refractivity contribution is 0.122. The largest absolute Gasteiger partial charge is 0.395 e. The van der Waals surface area contributed by atoms with Crippen LogP contribution in [-0.2, 0) is 0 Å². The van der Waals surface area contributed by atoms with Gasteiger partial charge in [0.25, 0.3) is 0 Å². The smallest absolute Gasteiger partial charge is 0.0599 e. The maximum atomic E-state index is 8.82. The Morgan fingerprint density at radius 3 is 1.93 bits per heavy atom. The molecule has 1 N–H and O–H groups in total. The summed E-state index contributed by atoms with van der Waals surface area (Å²) in [5, 5.41) is 8.82. The molecule has 0 aliphatic carbocycles. The molecule has 0 spiro atoms. The molecule has 0 amide bonds. The quantitative estimate of drug-likeness (QED) is 0.692. The minimum Gasteiger partial charge on any atom is -0.395 e. The van der Waals surface area contributed by atoms with Gasteiger partial charge in [0.1, 0.15) is 0 Å². The molecule has 0 bridgehead atoms. The van der Waals surface area contributed by atoms with Gasteiger partial charge in [-0.1, -0.05) is 19.6 Å². The molecule has 1 rings (SSSR count). The molecule has 1 saturated heterocycles. The average Bonchev–Trinajstić information content (AvgIpc) is 2.06. The molecular weight excluding hydrogens is 192 g/mol. The number of piperazine rings is 1. The lowest BCUT2D eigenvalue weighted by Gasteiger charge is -2.37. The summed E-state index contributed by atoms with van der Waals surface area (Å²) in [7, 11) is -0.927. The number of aliphatic hydroxyl groups excluding tert-OH is 1. The average molecular weight is 216 g/mol. The number of hydrogen-bond donors (Lipinski definition) is 1. The molecule has 0 atom stereocenters. The van der Waals surface area contributed by atoms with Gasteiger partial charge >= 0.3 is 0 Å². The molecule has 1 heterocycles. The highest BCUT2D eigenvalue weighted by Crippen LogP contribution is 2.07. The van der Waals surface area contributed by atoms with E-state index in [-0.39, 0.29) is 0 Å². The van der Waals surface area contributed by atoms with Crippen LogP contribution in [0.5, 0.6) is 0 Å². The molecule has 0 radical (unpaired) electrons. The SMILES string of the molecule is C[Si](C)(C)CN1CCN(CCO)CC1. The maximum absolute atomic E-state index is 8.82. The fraction of sp³-hybridized carbons (Fsp3) is 1.00. The van der Waals surface area contributed by atoms with Gasteiger partial charge < -0.3 is 10.0 Å². The Hall–Kier alpha value is 0.0969. The van der Waals surface area contributed by atoms with E-state index >= 15 is 0 Å². The summed E-state index contributed by atoms with van der Waals surface area (Å²) in [6, 6.07) is 0. The normalized spacial score (nSPS) is 21.4. The van der Waals surface area contributed by atoms with E-state index in [1.165, 1.54) is 19.3 Å². The second kappa shape index (κ2) is 5.26. The minimum atomic E-state index is -0.927. The summed E-state index contributed by atoms with van der Waals surface area (Å²) >= 11 is 0. The molecule has 1 aliphatic heterocycles. The number of rotatable bonds is 4. The summed E-state index contributed by atoms with van der Waals surface area (Å²) in [5.74, 6) is 0. The number of hydrogen-bond acceptors (Lipinski definition) is 3. The molecule has 0 aromatic heterocycles. The third-order valence-corrected chi connectivity index (χ3v) is 3.97. The van der Waals surface area contributed by atoms with E-state index in [4.69, 9.17) is 5.11 Å². The zero-order valence-corrected chi connectivity index (χ0v) is 10.8. The van der Waals surface area contributed by atoms with E-state index in [1.54, 1.807) is 0 Å². The van der Waals surface area contributed by atoms with Gasteiger partial charge in [-0.2, -0.15) is 0 Å². The van der Waals surface area contributed by atoms with Crippen molar-refractivity contribution in [3.8, 4) is 0 Å². The van der Waals surface area contributed by atoms with Gasteiger partial charge in [0, 0.05) is 32.7 Å². The van der Waals surface area contributed by atoms with Crippen LogP contribution in [0.15, 0.2) is 0 Å². The Morgan fingerprint density at radius 2 is 1.50 bits per heavy atom. The first kappa shape index (κ1) is 12.2. The van der Waals surface area contributed by atoms with E-state index in [1.807, 2.05) is 0 Å². The van der Waals surface area contributed by atoms with Crippen LogP contribution in [0.4, 0.5) is 0 Å². The van der Waals surface area contributed by atoms with Crippen LogP contribution in [0.2, 0.25) is 19.6 Å². The highest BCUT2D eigenvalue weighted by atomic mass is 28.3. The standard InChI is InChI=1S/C10H24N2OSi/c1-14(2,3)10-12-6-4-11(5-7-12)8-9-13/h13H,4-10H2,1-3H3. The lowest BCUT2D eigenvalue weighted by atomic mass is 10.3. The number of nitrogens with zero attached hydrogens (tertiary/aromatic N) is 2. The highest BCUT2D eigenvalue weighted by molar-refractivity contribution is 6.76. The third-order valence-electron chi connectivity index (χ3n) is 2.58. The zero-order valence-electron chi connectivity index (χ0n) is 9.79. The van der Waals surface area contributed by atoms with Gasteiger partial charge in [-0.25, -0.2) is 0 Å². The topological polar surface area (TPSA) is 26.7 Å². The van der Waals surface area contributed by atoms with Crippen LogP contribution in [0.25, 0.3) is 0 Å². The Bertz CT molecular complexity index is 162. The molecule has 1 aliphatic rings. The van der Waals surface area contributed by atoms with Crippen molar-refractivity contribution in [3.63, 3.8) is 0 Å². The van der Waals surface area contributed by atoms with Gasteiger partial charge in [-0.3, -0.25) is 4.90 Å². The Balaban J connectivity index is 2.22. The molecule has 4 heteroatoms. The first-order valence-corrected chi connectivity index (χ1v) is 9.27. The second-order valence-corrected chi connectivity index (χ2v) is 10.8. The summed E-state index contributed by atoms with van der Waals surface area (Å²) in [6.45, 7) is 13.0. The molecule has 0 aromatic carbocycles. The van der Waals surface area contributed by atoms with Gasteiger partial charge in [0.05, 0.1) is 14.7 Å². The minimum absolute atomic E-state index is 0.300. The van der Waals surface area contributed by atoms with Crippen molar-refractivity contribution < 1.29 is 5.11 Å². The van der Waals surface area contributed by atoms with Crippen molar-refractivity contribution in [2.24, 2.45) is 0 Å². The number of β-amino-alcohol motifs (C(OH)–C–C–N with tert-alkyl or cyclic N) is 1. The summed E-state index contributed by atoms with van der Waals surface area (Å²) in [6.07, 6.45) is 1.32. The van der Waals surface area contributed by atoms with Crippen LogP contribution in [-0.4, -0.2) is 68.5 Å². The molecule has 1 fully saturated rings. The van der Waals surface area contributed by atoms with Crippen molar-refractivity contribution in [3.05, 3.63) is 0 Å². The Morgan fingerprint density at radius 1 is 1.00 bits per heavy atom. The van der Waals surface area contributed by atoms with E-state index in [0.29, 0.717) is 6.61 Å². The van der Waals surface area contributed by atoms with Crippen molar-refractivity contribution in [2.45, 2.75) is 19.6 Å². The van der Waals surface area contributed by atoms with Crippen molar-refractivity contribution in [2.75, 3.05) is 45.5 Å². The monoisotopic (exact) mass is 216 g/mol. The molecule has 0 unspecified atom stereocenters. The van der Waals surface area contributed by atoms with E-state index < -0.39 is 8.07 Å². The first-order valence-electron chi connectivity index (χ1n) is 5.57. The summed E-state index contributed by atoms with van der Waals surface area (Å²) in [4.78, 5) is 4.93. The Kier molecular flexibility index (Phi) is 4.57. The van der Waals surface area contributed by atoms with Gasteiger partial charge in [-0.15, -0.1) is 0 Å². The Labute approximate surface area is 88.7 Å². The van der Waals surface area contributed by atoms with Crippen LogP contribution in [0, 0.1) is 0 Å². The summed E-state index contributed by atoms with van der Waals surface area (Å²) < 4.78 is 0. The van der Waals surface area contributed by atoms with E-state index in [9.17, 15) is 0 Å². The van der Waals surface area contributed by atoms with Gasteiger partial charge in [-0.05, 0) is 6.17 Å². The molecular formula is C10H24N2OSi. The third kappa shape index (κ3) is 4.55. The molecule has 3 nitrogen and oxygen atoms in total. The maximum Gasteiger partial charge on any atom is 0.0599 e. The van der Waals surface area contributed by atoms with Crippen molar-refractivity contribution in [1.29, 1.82) is 0 Å². The van der Waals surface area contributed by atoms with Crippen LogP contribution in [0.1, 0.15) is 0 Å². The van der Waals surface area contributed by atoms with Gasteiger partial charge in [0.2, 0.25) is 0 Å². The fourth-order valence-electron chi connectivity index (χ4n) is 1.98. The summed E-state index contributed by atoms with van der Waals surface area (Å²) in [5.41, 5.74) is 0. The zero-order chi connectivity index (χ0) is 10.6. The first-order chi connectivity index (χ1) is 6.51. The second-order valence-electron chi connectivity index (χ2n) is 5.40.